The summed E-state index contributed by atoms with van der Waals surface area (Å²) in [7, 11) is 2.16. The van der Waals surface area contributed by atoms with Crippen LogP contribution in [0.1, 0.15) is 12.7 Å². The summed E-state index contributed by atoms with van der Waals surface area (Å²) in [6, 6.07) is 0.595. The third-order valence-corrected chi connectivity index (χ3v) is 4.40. The van der Waals surface area contributed by atoms with Crippen molar-refractivity contribution in [1.29, 1.82) is 0 Å². The number of aryl methyl sites for hydroxylation is 1. The molecule has 1 fully saturated rings. The maximum atomic E-state index is 6.32. The topological polar surface area (TPSA) is 60.0 Å². The van der Waals surface area contributed by atoms with Gasteiger partial charge in [-0.15, -0.1) is 0 Å². The molecule has 0 amide bonds. The fourth-order valence-electron chi connectivity index (χ4n) is 2.21. The van der Waals surface area contributed by atoms with Crippen molar-refractivity contribution in [2.45, 2.75) is 32.0 Å². The highest BCUT2D eigenvalue weighted by Gasteiger charge is 2.26. The number of likely N-dealkylation sites (N-methyl/N-ethyl adjacent to an activating group) is 1. The minimum Gasteiger partial charge on any atom is -0.326 e. The van der Waals surface area contributed by atoms with E-state index in [0.29, 0.717) is 6.04 Å². The van der Waals surface area contributed by atoms with E-state index in [9.17, 15) is 0 Å². The molecule has 0 saturated carbocycles. The van der Waals surface area contributed by atoms with Crippen molar-refractivity contribution in [1.82, 2.24) is 19.7 Å². The van der Waals surface area contributed by atoms with Crippen LogP contribution >= 0.6 is 11.8 Å². The molecule has 0 spiro atoms. The van der Waals surface area contributed by atoms with Crippen LogP contribution in [0.25, 0.3) is 0 Å². The van der Waals surface area contributed by atoms with Gasteiger partial charge in [0.05, 0.1) is 0 Å². The number of aromatic nitrogens is 3. The van der Waals surface area contributed by atoms with Gasteiger partial charge in [-0.3, -0.25) is 4.68 Å². The molecule has 0 bridgehead atoms. The molecule has 2 heterocycles. The summed E-state index contributed by atoms with van der Waals surface area (Å²) in [5, 5.41) is 4.18. The van der Waals surface area contributed by atoms with Gasteiger partial charge in [0.15, 0.2) is 0 Å². The molecule has 1 saturated heterocycles. The minimum absolute atomic E-state index is 0.141. The summed E-state index contributed by atoms with van der Waals surface area (Å²) in [5.74, 6) is 3.34. The Balaban J connectivity index is 1.98. The van der Waals surface area contributed by atoms with E-state index in [4.69, 9.17) is 5.73 Å². The highest BCUT2D eigenvalue weighted by molar-refractivity contribution is 7.99. The maximum Gasteiger partial charge on any atom is 0.138 e. The Kier molecular flexibility index (Phi) is 4.42. The van der Waals surface area contributed by atoms with Crippen LogP contribution in [-0.4, -0.2) is 56.8 Å². The van der Waals surface area contributed by atoms with Crippen molar-refractivity contribution in [2.24, 2.45) is 5.73 Å². The Morgan fingerprint density at radius 1 is 1.65 bits per heavy atom. The molecule has 0 aromatic carbocycles. The number of hydrogen-bond acceptors (Lipinski definition) is 5. The molecular weight excluding hydrogens is 234 g/mol. The molecule has 6 heteroatoms. The van der Waals surface area contributed by atoms with Crippen molar-refractivity contribution in [3.8, 4) is 0 Å². The van der Waals surface area contributed by atoms with Gasteiger partial charge in [0.25, 0.3) is 0 Å². The van der Waals surface area contributed by atoms with E-state index in [0.717, 1.165) is 31.1 Å². The van der Waals surface area contributed by atoms with Gasteiger partial charge in [-0.2, -0.15) is 16.9 Å². The molecule has 0 radical (unpaired) electrons. The molecule has 1 aliphatic heterocycles. The molecule has 1 aliphatic rings. The highest BCUT2D eigenvalue weighted by Crippen LogP contribution is 2.18. The van der Waals surface area contributed by atoms with Gasteiger partial charge < -0.3 is 10.6 Å². The summed E-state index contributed by atoms with van der Waals surface area (Å²) in [6.07, 6.45) is 2.42. The lowest BCUT2D eigenvalue weighted by atomic mass is 10.1. The molecule has 2 unspecified atom stereocenters. The fraction of sp³-hybridized carbons (Fsp3) is 0.818. The third-order valence-electron chi connectivity index (χ3n) is 3.35. The average molecular weight is 255 g/mol. The largest absolute Gasteiger partial charge is 0.326 e. The molecule has 17 heavy (non-hydrogen) atoms. The quantitative estimate of drug-likeness (QED) is 0.834. The Morgan fingerprint density at radius 3 is 3.18 bits per heavy atom. The van der Waals surface area contributed by atoms with Crippen LogP contribution in [0.5, 0.6) is 0 Å². The minimum atomic E-state index is 0.141. The first-order chi connectivity index (χ1) is 8.22. The second-order valence-corrected chi connectivity index (χ2v) is 5.63. The fourth-order valence-corrected chi connectivity index (χ4v) is 3.54. The molecule has 1 aromatic rings. The number of hydrogen-bond donors (Lipinski definition) is 1. The summed E-state index contributed by atoms with van der Waals surface area (Å²) in [5.41, 5.74) is 6.32. The smallest absolute Gasteiger partial charge is 0.138 e. The van der Waals surface area contributed by atoms with Gasteiger partial charge in [-0.25, -0.2) is 4.98 Å². The van der Waals surface area contributed by atoms with E-state index >= 15 is 0 Å². The zero-order valence-corrected chi connectivity index (χ0v) is 11.4. The second-order valence-electron chi connectivity index (χ2n) is 4.48. The summed E-state index contributed by atoms with van der Waals surface area (Å²) < 4.78 is 1.93. The van der Waals surface area contributed by atoms with Crippen LogP contribution in [0.2, 0.25) is 0 Å². The van der Waals surface area contributed by atoms with Gasteiger partial charge in [-0.05, 0) is 14.0 Å². The van der Waals surface area contributed by atoms with Crippen molar-refractivity contribution >= 4 is 11.8 Å². The third kappa shape index (κ3) is 3.00. The van der Waals surface area contributed by atoms with Crippen LogP contribution < -0.4 is 5.73 Å². The van der Waals surface area contributed by atoms with Gasteiger partial charge in [0.2, 0.25) is 0 Å². The number of thioether (sulfide) groups is 1. The van der Waals surface area contributed by atoms with Crippen LogP contribution in [0, 0.1) is 0 Å². The lowest BCUT2D eigenvalue weighted by molar-refractivity contribution is 0.233. The monoisotopic (exact) mass is 255 g/mol. The highest BCUT2D eigenvalue weighted by atomic mass is 32.2. The average Bonchev–Trinajstić information content (AvgIpc) is 2.76. The predicted octanol–water partition coefficient (Wildman–Crippen LogP) is 0.215. The number of nitrogens with two attached hydrogens (primary N) is 1. The van der Waals surface area contributed by atoms with Crippen molar-refractivity contribution in [2.75, 3.05) is 25.1 Å². The van der Waals surface area contributed by atoms with Crippen LogP contribution in [0.15, 0.2) is 6.33 Å². The number of nitrogens with zero attached hydrogens (tertiary/aromatic N) is 4. The summed E-state index contributed by atoms with van der Waals surface area (Å²) >= 11 is 1.99. The standard InChI is InChI=1S/C11H21N5S/c1-3-16-11(13-8-14-16)6-9(12)10-7-17-5-4-15(10)2/h8-10H,3-7,12H2,1-2H3. The molecule has 96 valence electrons. The Labute approximate surface area is 107 Å². The summed E-state index contributed by atoms with van der Waals surface area (Å²) in [6.45, 7) is 4.06. The first kappa shape index (κ1) is 12.9. The predicted molar refractivity (Wildman–Crippen MR) is 71.1 cm³/mol. The Hall–Kier alpha value is -0.590. The van der Waals surface area contributed by atoms with E-state index in [1.165, 1.54) is 5.75 Å². The van der Waals surface area contributed by atoms with Crippen molar-refractivity contribution in [3.63, 3.8) is 0 Å². The normalized spacial score (nSPS) is 23.8. The van der Waals surface area contributed by atoms with Crippen LogP contribution in [-0.2, 0) is 13.0 Å². The Bertz CT molecular complexity index is 353. The zero-order chi connectivity index (χ0) is 12.3. The Morgan fingerprint density at radius 2 is 2.47 bits per heavy atom. The number of rotatable bonds is 4. The zero-order valence-electron chi connectivity index (χ0n) is 10.5. The van der Waals surface area contributed by atoms with Crippen LogP contribution in [0.4, 0.5) is 0 Å². The molecule has 2 atom stereocenters. The van der Waals surface area contributed by atoms with E-state index in [1.54, 1.807) is 6.33 Å². The first-order valence-electron chi connectivity index (χ1n) is 6.12. The van der Waals surface area contributed by atoms with Crippen molar-refractivity contribution in [3.05, 3.63) is 12.2 Å². The SMILES string of the molecule is CCn1ncnc1CC(N)C1CSCCN1C. The molecular formula is C11H21N5S. The van der Waals surface area contributed by atoms with E-state index in [2.05, 4.69) is 29.0 Å². The second kappa shape index (κ2) is 5.84. The van der Waals surface area contributed by atoms with Crippen LogP contribution in [0.3, 0.4) is 0 Å². The molecule has 5 nitrogen and oxygen atoms in total. The molecule has 0 aliphatic carbocycles. The van der Waals surface area contributed by atoms with E-state index in [-0.39, 0.29) is 6.04 Å². The van der Waals surface area contributed by atoms with E-state index < -0.39 is 0 Å². The molecule has 2 N–H and O–H groups in total. The van der Waals surface area contributed by atoms with Gasteiger partial charge in [0.1, 0.15) is 12.2 Å². The van der Waals surface area contributed by atoms with E-state index in [1.807, 2.05) is 16.4 Å². The lowest BCUT2D eigenvalue weighted by Gasteiger charge is -2.35. The van der Waals surface area contributed by atoms with Gasteiger partial charge in [-0.1, -0.05) is 0 Å². The summed E-state index contributed by atoms with van der Waals surface area (Å²) in [4.78, 5) is 6.66. The maximum absolute atomic E-state index is 6.32. The lowest BCUT2D eigenvalue weighted by Crippen LogP contribution is -2.51. The molecule has 2 rings (SSSR count). The van der Waals surface area contributed by atoms with Gasteiger partial charge >= 0.3 is 0 Å². The first-order valence-corrected chi connectivity index (χ1v) is 7.28. The van der Waals surface area contributed by atoms with Crippen molar-refractivity contribution < 1.29 is 0 Å². The van der Waals surface area contributed by atoms with Gasteiger partial charge in [0, 0.05) is 43.1 Å². The molecule has 1 aromatic heterocycles.